The van der Waals surface area contributed by atoms with Crippen molar-refractivity contribution in [2.75, 3.05) is 12.5 Å². The number of nitrogens with one attached hydrogen (secondary N) is 1. The SMILES string of the molecule is CC(=O)OC[C@@]1(CCl)CC[C@@H](n2ccc(=O)[nH]c2=O)C[C@@H]1OC(C)=O. The normalized spacial score (nSPS) is 26.0. The van der Waals surface area contributed by atoms with Crippen molar-refractivity contribution in [2.45, 2.75) is 45.3 Å². The Hall–Kier alpha value is -2.09. The van der Waals surface area contributed by atoms with Crippen molar-refractivity contribution in [3.8, 4) is 0 Å². The molecule has 3 atom stereocenters. The zero-order chi connectivity index (χ0) is 18.6. The fourth-order valence-corrected chi connectivity index (χ4v) is 3.56. The van der Waals surface area contributed by atoms with E-state index in [9.17, 15) is 19.2 Å². The monoisotopic (exact) mass is 372 g/mol. The van der Waals surface area contributed by atoms with Crippen molar-refractivity contribution in [1.82, 2.24) is 9.55 Å². The molecule has 0 aromatic carbocycles. The smallest absolute Gasteiger partial charge is 0.328 e. The van der Waals surface area contributed by atoms with Crippen LogP contribution in [0.25, 0.3) is 0 Å². The van der Waals surface area contributed by atoms with Crippen LogP contribution >= 0.6 is 11.6 Å². The summed E-state index contributed by atoms with van der Waals surface area (Å²) in [6, 6.07) is 1.01. The average Bonchev–Trinajstić information content (AvgIpc) is 2.53. The van der Waals surface area contributed by atoms with Gasteiger partial charge in [0.2, 0.25) is 0 Å². The van der Waals surface area contributed by atoms with Crippen molar-refractivity contribution < 1.29 is 19.1 Å². The maximum absolute atomic E-state index is 12.0. The molecule has 1 aliphatic carbocycles. The Kier molecular flexibility index (Phi) is 6.05. The van der Waals surface area contributed by atoms with Crippen LogP contribution in [0.3, 0.4) is 0 Å². The summed E-state index contributed by atoms with van der Waals surface area (Å²) >= 11 is 6.15. The Morgan fingerprint density at radius 1 is 1.36 bits per heavy atom. The summed E-state index contributed by atoms with van der Waals surface area (Å²) in [5.74, 6) is -0.771. The summed E-state index contributed by atoms with van der Waals surface area (Å²) in [7, 11) is 0. The zero-order valence-corrected chi connectivity index (χ0v) is 14.9. The summed E-state index contributed by atoms with van der Waals surface area (Å²) < 4.78 is 12.0. The third-order valence-electron chi connectivity index (χ3n) is 4.53. The van der Waals surface area contributed by atoms with Gasteiger partial charge in [-0.05, 0) is 12.8 Å². The number of nitrogens with zero attached hydrogens (tertiary/aromatic N) is 1. The van der Waals surface area contributed by atoms with E-state index in [0.29, 0.717) is 19.3 Å². The number of halogens is 1. The van der Waals surface area contributed by atoms with Gasteiger partial charge in [0, 0.05) is 44.5 Å². The van der Waals surface area contributed by atoms with Crippen LogP contribution in [0.5, 0.6) is 0 Å². The first-order chi connectivity index (χ1) is 11.8. The number of aromatic amines is 1. The van der Waals surface area contributed by atoms with Gasteiger partial charge < -0.3 is 9.47 Å². The summed E-state index contributed by atoms with van der Waals surface area (Å²) in [6.45, 7) is 2.63. The molecule has 0 radical (unpaired) electrons. The molecular weight excluding hydrogens is 352 g/mol. The zero-order valence-electron chi connectivity index (χ0n) is 14.1. The van der Waals surface area contributed by atoms with Gasteiger partial charge in [0.25, 0.3) is 5.56 Å². The number of aromatic nitrogens is 2. The lowest BCUT2D eigenvalue weighted by atomic mass is 9.71. The minimum absolute atomic E-state index is 0.0387. The van der Waals surface area contributed by atoms with Crippen LogP contribution in [0.1, 0.15) is 39.2 Å². The van der Waals surface area contributed by atoms with Gasteiger partial charge in [-0.2, -0.15) is 0 Å². The van der Waals surface area contributed by atoms with Gasteiger partial charge in [-0.25, -0.2) is 4.79 Å². The van der Waals surface area contributed by atoms with Crippen LogP contribution in [-0.4, -0.2) is 40.1 Å². The van der Waals surface area contributed by atoms with Crippen LogP contribution in [0.2, 0.25) is 0 Å². The molecule has 8 nitrogen and oxygen atoms in total. The molecule has 1 heterocycles. The summed E-state index contributed by atoms with van der Waals surface area (Å²) in [5.41, 5.74) is -1.70. The number of esters is 2. The van der Waals surface area contributed by atoms with Gasteiger partial charge in [-0.15, -0.1) is 11.6 Å². The lowest BCUT2D eigenvalue weighted by molar-refractivity contribution is -0.165. The minimum Gasteiger partial charge on any atom is -0.465 e. The third-order valence-corrected chi connectivity index (χ3v) is 5.06. The van der Waals surface area contributed by atoms with Crippen molar-refractivity contribution in [3.63, 3.8) is 0 Å². The molecule has 0 aliphatic heterocycles. The number of alkyl halides is 1. The second kappa shape index (κ2) is 7.86. The topological polar surface area (TPSA) is 107 Å². The third kappa shape index (κ3) is 4.50. The largest absolute Gasteiger partial charge is 0.465 e. The van der Waals surface area contributed by atoms with Crippen LogP contribution in [-0.2, 0) is 19.1 Å². The number of carbonyl (C=O) groups is 2. The molecular formula is C16H21ClN2O6. The van der Waals surface area contributed by atoms with Gasteiger partial charge in [0.05, 0.1) is 5.41 Å². The number of carbonyl (C=O) groups excluding carboxylic acids is 2. The van der Waals surface area contributed by atoms with Crippen LogP contribution in [0.4, 0.5) is 0 Å². The maximum atomic E-state index is 12.0. The standard InChI is InChI=1S/C16H21ClN2O6/c1-10(20)24-9-16(8-17)5-3-12(7-13(16)25-11(2)21)19-6-4-14(22)18-15(19)23/h4,6,12-13H,3,5,7-9H2,1-2H3,(H,18,22,23)/t12-,13+,16+/m1/s1. The summed E-state index contributed by atoms with van der Waals surface area (Å²) in [4.78, 5) is 48.2. The van der Waals surface area contributed by atoms with Crippen molar-refractivity contribution in [3.05, 3.63) is 33.1 Å². The molecule has 1 aromatic rings. The Labute approximate surface area is 149 Å². The van der Waals surface area contributed by atoms with Gasteiger partial charge in [0.15, 0.2) is 0 Å². The van der Waals surface area contributed by atoms with Crippen molar-refractivity contribution in [1.29, 1.82) is 0 Å². The highest BCUT2D eigenvalue weighted by molar-refractivity contribution is 6.18. The van der Waals surface area contributed by atoms with E-state index in [-0.39, 0.29) is 18.5 Å². The van der Waals surface area contributed by atoms with E-state index in [1.807, 2.05) is 0 Å². The van der Waals surface area contributed by atoms with E-state index in [2.05, 4.69) is 4.98 Å². The molecule has 25 heavy (non-hydrogen) atoms. The van der Waals surface area contributed by atoms with Crippen LogP contribution in [0.15, 0.2) is 21.9 Å². The molecule has 0 amide bonds. The molecule has 0 bridgehead atoms. The number of hydrogen-bond acceptors (Lipinski definition) is 6. The molecule has 1 fully saturated rings. The second-order valence-electron chi connectivity index (χ2n) is 6.32. The van der Waals surface area contributed by atoms with Crippen molar-refractivity contribution >= 4 is 23.5 Å². The van der Waals surface area contributed by atoms with Crippen LogP contribution < -0.4 is 11.2 Å². The first-order valence-corrected chi connectivity index (χ1v) is 8.49. The quantitative estimate of drug-likeness (QED) is 0.609. The maximum Gasteiger partial charge on any atom is 0.328 e. The highest BCUT2D eigenvalue weighted by atomic mass is 35.5. The van der Waals surface area contributed by atoms with E-state index < -0.39 is 34.7 Å². The highest BCUT2D eigenvalue weighted by Gasteiger charge is 2.46. The summed E-state index contributed by atoms with van der Waals surface area (Å²) in [6.07, 6.45) is 2.21. The predicted molar refractivity (Wildman–Crippen MR) is 89.6 cm³/mol. The number of rotatable bonds is 5. The molecule has 138 valence electrons. The van der Waals surface area contributed by atoms with E-state index in [0.717, 1.165) is 0 Å². The fraction of sp³-hybridized carbons (Fsp3) is 0.625. The van der Waals surface area contributed by atoms with Gasteiger partial charge >= 0.3 is 17.6 Å². The number of hydrogen-bond donors (Lipinski definition) is 1. The van der Waals surface area contributed by atoms with Gasteiger partial charge in [0.1, 0.15) is 12.7 Å². The molecule has 2 rings (SSSR count). The Morgan fingerprint density at radius 3 is 2.64 bits per heavy atom. The summed E-state index contributed by atoms with van der Waals surface area (Å²) in [5, 5.41) is 0. The lowest BCUT2D eigenvalue weighted by Crippen LogP contribution is -2.49. The first kappa shape index (κ1) is 19.2. The Bertz CT molecular complexity index is 757. The predicted octanol–water partition coefficient (Wildman–Crippen LogP) is 0.982. The lowest BCUT2D eigenvalue weighted by Gasteiger charge is -2.44. The van der Waals surface area contributed by atoms with Gasteiger partial charge in [-0.3, -0.25) is 23.9 Å². The number of ether oxygens (including phenoxy) is 2. The van der Waals surface area contributed by atoms with E-state index in [4.69, 9.17) is 21.1 Å². The highest BCUT2D eigenvalue weighted by Crippen LogP contribution is 2.43. The van der Waals surface area contributed by atoms with E-state index >= 15 is 0 Å². The van der Waals surface area contributed by atoms with Crippen LogP contribution in [0, 0.1) is 5.41 Å². The number of H-pyrrole nitrogens is 1. The minimum atomic E-state index is -0.707. The second-order valence-corrected chi connectivity index (χ2v) is 6.59. The van der Waals surface area contributed by atoms with Gasteiger partial charge in [-0.1, -0.05) is 0 Å². The van der Waals surface area contributed by atoms with E-state index in [1.54, 1.807) is 0 Å². The molecule has 0 saturated heterocycles. The molecule has 9 heteroatoms. The molecule has 0 spiro atoms. The molecule has 1 saturated carbocycles. The fourth-order valence-electron chi connectivity index (χ4n) is 3.17. The Balaban J connectivity index is 2.29. The van der Waals surface area contributed by atoms with Crippen molar-refractivity contribution in [2.24, 2.45) is 5.41 Å². The average molecular weight is 373 g/mol. The molecule has 1 aromatic heterocycles. The molecule has 0 unspecified atom stereocenters. The first-order valence-electron chi connectivity index (χ1n) is 7.95. The van der Waals surface area contributed by atoms with E-state index in [1.165, 1.54) is 30.7 Å². The molecule has 1 aliphatic rings. The molecule has 1 N–H and O–H groups in total. The Morgan fingerprint density at radius 2 is 2.08 bits per heavy atom.